The summed E-state index contributed by atoms with van der Waals surface area (Å²) >= 11 is 0. The van der Waals surface area contributed by atoms with Crippen molar-refractivity contribution in [3.8, 4) is 5.75 Å². The number of carbonyl (C=O) groups excluding carboxylic acids is 1. The Hall–Kier alpha value is -2.16. The number of ether oxygens (including phenoxy) is 1. The van der Waals surface area contributed by atoms with Gasteiger partial charge in [-0.3, -0.25) is 9.78 Å². The van der Waals surface area contributed by atoms with E-state index in [0.29, 0.717) is 12.0 Å². The van der Waals surface area contributed by atoms with E-state index in [1.807, 2.05) is 44.2 Å². The van der Waals surface area contributed by atoms with Crippen LogP contribution in [-0.2, 0) is 6.42 Å². The van der Waals surface area contributed by atoms with Crippen molar-refractivity contribution in [3.05, 3.63) is 59.9 Å². The zero-order valence-electron chi connectivity index (χ0n) is 11.2. The van der Waals surface area contributed by atoms with Crippen molar-refractivity contribution < 1.29 is 9.53 Å². The first-order valence-corrected chi connectivity index (χ1v) is 6.35. The number of hydrogen-bond acceptors (Lipinski definition) is 3. The van der Waals surface area contributed by atoms with Crippen LogP contribution in [0.25, 0.3) is 0 Å². The monoisotopic (exact) mass is 255 g/mol. The molecule has 0 bridgehead atoms. The molecular formula is C16H17NO2. The molecule has 2 aromatic rings. The van der Waals surface area contributed by atoms with E-state index >= 15 is 0 Å². The molecule has 0 N–H and O–H groups in total. The Labute approximate surface area is 113 Å². The molecule has 0 amide bonds. The van der Waals surface area contributed by atoms with Crippen LogP contribution in [0.4, 0.5) is 0 Å². The Balaban J connectivity index is 2.11. The summed E-state index contributed by atoms with van der Waals surface area (Å²) in [6.07, 6.45) is 2.11. The fraction of sp³-hybridized carbons (Fsp3) is 0.250. The van der Waals surface area contributed by atoms with E-state index in [9.17, 15) is 4.79 Å². The topological polar surface area (TPSA) is 39.2 Å². The molecule has 0 aliphatic heterocycles. The van der Waals surface area contributed by atoms with Crippen molar-refractivity contribution in [2.75, 3.05) is 0 Å². The summed E-state index contributed by atoms with van der Waals surface area (Å²) in [6, 6.07) is 12.9. The molecule has 3 heteroatoms. The van der Waals surface area contributed by atoms with Crippen molar-refractivity contribution in [2.45, 2.75) is 26.4 Å². The molecule has 0 saturated heterocycles. The first-order valence-electron chi connectivity index (χ1n) is 6.35. The Morgan fingerprint density at radius 3 is 2.74 bits per heavy atom. The van der Waals surface area contributed by atoms with Gasteiger partial charge in [-0.25, -0.2) is 0 Å². The van der Waals surface area contributed by atoms with Gasteiger partial charge in [-0.05, 0) is 38.1 Å². The molecular weight excluding hydrogens is 238 g/mol. The molecule has 0 aliphatic rings. The standard InChI is InChI=1S/C16H17NO2/c1-12(2)19-15-8-5-6-13(10-15)16(18)11-14-7-3-4-9-17-14/h3-10,12H,11H2,1-2H3. The number of ketones is 1. The first kappa shape index (κ1) is 13.3. The van der Waals surface area contributed by atoms with Gasteiger partial charge in [0.15, 0.2) is 5.78 Å². The number of nitrogens with zero attached hydrogens (tertiary/aromatic N) is 1. The van der Waals surface area contributed by atoms with Crippen molar-refractivity contribution >= 4 is 5.78 Å². The number of hydrogen-bond donors (Lipinski definition) is 0. The summed E-state index contributed by atoms with van der Waals surface area (Å²) in [5.74, 6) is 0.773. The predicted octanol–water partition coefficient (Wildman–Crippen LogP) is 3.29. The quantitative estimate of drug-likeness (QED) is 0.769. The molecule has 1 aromatic heterocycles. The number of carbonyl (C=O) groups is 1. The summed E-state index contributed by atoms with van der Waals surface area (Å²) in [7, 11) is 0. The highest BCUT2D eigenvalue weighted by molar-refractivity contribution is 5.97. The highest BCUT2D eigenvalue weighted by Gasteiger charge is 2.09. The minimum absolute atomic E-state index is 0.0490. The smallest absolute Gasteiger partial charge is 0.168 e. The zero-order valence-corrected chi connectivity index (χ0v) is 11.2. The molecule has 1 heterocycles. The van der Waals surface area contributed by atoms with E-state index in [1.165, 1.54) is 0 Å². The third kappa shape index (κ3) is 3.91. The van der Waals surface area contributed by atoms with Crippen LogP contribution in [0.15, 0.2) is 48.7 Å². The Morgan fingerprint density at radius 2 is 2.05 bits per heavy atom. The molecule has 2 rings (SSSR count). The van der Waals surface area contributed by atoms with Gasteiger partial charge in [0.25, 0.3) is 0 Å². The van der Waals surface area contributed by atoms with Crippen LogP contribution in [0.1, 0.15) is 29.9 Å². The van der Waals surface area contributed by atoms with E-state index in [-0.39, 0.29) is 11.9 Å². The normalized spacial score (nSPS) is 10.5. The largest absolute Gasteiger partial charge is 0.491 e. The predicted molar refractivity (Wildman–Crippen MR) is 74.5 cm³/mol. The van der Waals surface area contributed by atoms with Gasteiger partial charge in [0.1, 0.15) is 5.75 Å². The lowest BCUT2D eigenvalue weighted by Gasteiger charge is -2.10. The molecule has 3 nitrogen and oxygen atoms in total. The van der Waals surface area contributed by atoms with E-state index in [4.69, 9.17) is 4.74 Å². The Bertz CT molecular complexity index is 550. The lowest BCUT2D eigenvalue weighted by Crippen LogP contribution is -2.08. The van der Waals surface area contributed by atoms with Gasteiger partial charge >= 0.3 is 0 Å². The Morgan fingerprint density at radius 1 is 1.21 bits per heavy atom. The van der Waals surface area contributed by atoms with Crippen LogP contribution < -0.4 is 4.74 Å². The lowest BCUT2D eigenvalue weighted by atomic mass is 10.1. The highest BCUT2D eigenvalue weighted by Crippen LogP contribution is 2.16. The molecule has 19 heavy (non-hydrogen) atoms. The molecule has 0 fully saturated rings. The SMILES string of the molecule is CC(C)Oc1cccc(C(=O)Cc2ccccn2)c1. The maximum Gasteiger partial charge on any atom is 0.168 e. The number of benzene rings is 1. The molecule has 0 saturated carbocycles. The van der Waals surface area contributed by atoms with Gasteiger partial charge in [0.05, 0.1) is 12.5 Å². The van der Waals surface area contributed by atoms with E-state index in [2.05, 4.69) is 4.98 Å². The van der Waals surface area contributed by atoms with Crippen LogP contribution in [0.2, 0.25) is 0 Å². The van der Waals surface area contributed by atoms with Crippen LogP contribution in [-0.4, -0.2) is 16.9 Å². The summed E-state index contributed by atoms with van der Waals surface area (Å²) in [5.41, 5.74) is 1.44. The van der Waals surface area contributed by atoms with Gasteiger partial charge in [-0.15, -0.1) is 0 Å². The second-order valence-electron chi connectivity index (χ2n) is 4.62. The highest BCUT2D eigenvalue weighted by atomic mass is 16.5. The van der Waals surface area contributed by atoms with Crippen LogP contribution in [0, 0.1) is 0 Å². The first-order chi connectivity index (χ1) is 9.15. The third-order valence-corrected chi connectivity index (χ3v) is 2.60. The molecule has 0 unspecified atom stereocenters. The molecule has 1 aromatic carbocycles. The van der Waals surface area contributed by atoms with Crippen molar-refractivity contribution in [2.24, 2.45) is 0 Å². The van der Waals surface area contributed by atoms with Gasteiger partial charge < -0.3 is 4.74 Å². The maximum atomic E-state index is 12.2. The molecule has 0 radical (unpaired) electrons. The fourth-order valence-corrected chi connectivity index (χ4v) is 1.78. The fourth-order valence-electron chi connectivity index (χ4n) is 1.78. The van der Waals surface area contributed by atoms with E-state index in [1.54, 1.807) is 18.3 Å². The maximum absolute atomic E-state index is 12.2. The number of aromatic nitrogens is 1. The van der Waals surface area contributed by atoms with Gasteiger partial charge in [0, 0.05) is 17.5 Å². The second-order valence-corrected chi connectivity index (χ2v) is 4.62. The average molecular weight is 255 g/mol. The molecule has 98 valence electrons. The summed E-state index contributed by atoms with van der Waals surface area (Å²) < 4.78 is 5.59. The molecule has 0 spiro atoms. The van der Waals surface area contributed by atoms with E-state index < -0.39 is 0 Å². The van der Waals surface area contributed by atoms with Crippen LogP contribution in [0.3, 0.4) is 0 Å². The summed E-state index contributed by atoms with van der Waals surface area (Å²) in [5, 5.41) is 0. The van der Waals surface area contributed by atoms with Crippen molar-refractivity contribution in [1.29, 1.82) is 0 Å². The second kappa shape index (κ2) is 6.14. The molecule has 0 aliphatic carbocycles. The van der Waals surface area contributed by atoms with Gasteiger partial charge in [-0.1, -0.05) is 18.2 Å². The Kier molecular flexibility index (Phi) is 4.29. The van der Waals surface area contributed by atoms with Gasteiger partial charge in [-0.2, -0.15) is 0 Å². The third-order valence-electron chi connectivity index (χ3n) is 2.60. The lowest BCUT2D eigenvalue weighted by molar-refractivity contribution is 0.0991. The van der Waals surface area contributed by atoms with Gasteiger partial charge in [0.2, 0.25) is 0 Å². The number of rotatable bonds is 5. The van der Waals surface area contributed by atoms with Crippen LogP contribution in [0.5, 0.6) is 5.75 Å². The summed E-state index contributed by atoms with van der Waals surface area (Å²) in [6.45, 7) is 3.92. The van der Waals surface area contributed by atoms with Crippen molar-refractivity contribution in [3.63, 3.8) is 0 Å². The minimum atomic E-state index is 0.0490. The van der Waals surface area contributed by atoms with Crippen LogP contribution >= 0.6 is 0 Å². The summed E-state index contributed by atoms with van der Waals surface area (Å²) in [4.78, 5) is 16.3. The van der Waals surface area contributed by atoms with Crippen molar-refractivity contribution in [1.82, 2.24) is 4.98 Å². The molecule has 0 atom stereocenters. The minimum Gasteiger partial charge on any atom is -0.491 e. The number of pyridine rings is 1. The number of Topliss-reactive ketones (excluding diaryl/α,β-unsaturated/α-hetero) is 1. The van der Waals surface area contributed by atoms with E-state index in [0.717, 1.165) is 11.4 Å². The zero-order chi connectivity index (χ0) is 13.7. The average Bonchev–Trinajstić information content (AvgIpc) is 2.39.